The predicted octanol–water partition coefficient (Wildman–Crippen LogP) is -0.0612. The lowest BCUT2D eigenvalue weighted by molar-refractivity contribution is -0.301. The third kappa shape index (κ3) is 4.32. The summed E-state index contributed by atoms with van der Waals surface area (Å²) in [4.78, 5) is 22.5. The number of rotatable bonds is 7. The van der Waals surface area contributed by atoms with Crippen molar-refractivity contribution in [3.05, 3.63) is 53.9 Å². The van der Waals surface area contributed by atoms with Gasteiger partial charge in [0.1, 0.15) is 5.03 Å². The van der Waals surface area contributed by atoms with Gasteiger partial charge in [0.2, 0.25) is 0 Å². The molecular formula is C16H14N5O3S-. The average Bonchev–Trinajstić information content (AvgIpc) is 3.03. The Balaban J connectivity index is 1.64. The molecule has 3 aromatic rings. The molecular weight excluding hydrogens is 342 g/mol. The van der Waals surface area contributed by atoms with Gasteiger partial charge in [-0.1, -0.05) is 30.0 Å². The molecule has 3 rings (SSSR count). The summed E-state index contributed by atoms with van der Waals surface area (Å²) in [5.74, 6) is -0.908. The van der Waals surface area contributed by atoms with Crippen molar-refractivity contribution in [1.82, 2.24) is 25.1 Å². The zero-order valence-corrected chi connectivity index (χ0v) is 13.9. The average molecular weight is 356 g/mol. The third-order valence-electron chi connectivity index (χ3n) is 3.31. The quantitative estimate of drug-likeness (QED) is 0.590. The van der Waals surface area contributed by atoms with Crippen LogP contribution in [0.5, 0.6) is 0 Å². The van der Waals surface area contributed by atoms with Gasteiger partial charge in [0.05, 0.1) is 5.97 Å². The Labute approximate surface area is 147 Å². The topological polar surface area (TPSA) is 112 Å². The molecule has 8 nitrogen and oxygen atoms in total. The first-order valence-electron chi connectivity index (χ1n) is 7.51. The van der Waals surface area contributed by atoms with Crippen LogP contribution in [-0.2, 0) is 11.2 Å². The number of amides is 1. The number of benzene rings is 1. The van der Waals surface area contributed by atoms with Crippen LogP contribution in [0.25, 0.3) is 5.65 Å². The van der Waals surface area contributed by atoms with Gasteiger partial charge in [0.15, 0.2) is 11.5 Å². The first-order valence-corrected chi connectivity index (χ1v) is 8.49. The molecule has 1 aromatic carbocycles. The highest BCUT2D eigenvalue weighted by molar-refractivity contribution is 7.99. The van der Waals surface area contributed by atoms with Crippen molar-refractivity contribution >= 4 is 29.3 Å². The Bertz CT molecular complexity index is 897. The molecule has 0 aliphatic heterocycles. The lowest BCUT2D eigenvalue weighted by Crippen LogP contribution is -2.26. The van der Waals surface area contributed by atoms with E-state index >= 15 is 0 Å². The van der Waals surface area contributed by atoms with Crippen molar-refractivity contribution < 1.29 is 14.7 Å². The number of aromatic nitrogens is 4. The number of nitrogens with zero attached hydrogens (tertiary/aromatic N) is 4. The Hall–Kier alpha value is -2.94. The minimum absolute atomic E-state index is 0.160. The Kier molecular flexibility index (Phi) is 5.24. The Morgan fingerprint density at radius 2 is 1.92 bits per heavy atom. The standard InChI is InChI=1S/C16H15N5O3S/c22-15(23)10-25-14-7-6-12-18-19-13(21(12)20-14)8-9-17-16(24)11-4-2-1-3-5-11/h1-7H,8-10H2,(H,17,24)(H,22,23)/p-1. The summed E-state index contributed by atoms with van der Waals surface area (Å²) in [5.41, 5.74) is 1.15. The predicted molar refractivity (Wildman–Crippen MR) is 89.0 cm³/mol. The van der Waals surface area contributed by atoms with Crippen molar-refractivity contribution in [1.29, 1.82) is 0 Å². The number of carboxylic acids is 1. The van der Waals surface area contributed by atoms with Crippen molar-refractivity contribution in [2.24, 2.45) is 0 Å². The van der Waals surface area contributed by atoms with E-state index in [4.69, 9.17) is 0 Å². The van der Waals surface area contributed by atoms with Gasteiger partial charge in [0.25, 0.3) is 5.91 Å². The van der Waals surface area contributed by atoms with E-state index in [1.165, 1.54) is 0 Å². The summed E-state index contributed by atoms with van der Waals surface area (Å²) in [5, 5.41) is 26.3. The number of hydrogen-bond donors (Lipinski definition) is 1. The Morgan fingerprint density at radius 1 is 1.12 bits per heavy atom. The van der Waals surface area contributed by atoms with Crippen LogP contribution in [0.4, 0.5) is 0 Å². The molecule has 0 bridgehead atoms. The summed E-state index contributed by atoms with van der Waals surface area (Å²) >= 11 is 1.06. The van der Waals surface area contributed by atoms with Crippen LogP contribution in [0.15, 0.2) is 47.5 Å². The number of carboxylic acid groups (broad SMARTS) is 1. The van der Waals surface area contributed by atoms with Gasteiger partial charge < -0.3 is 15.2 Å². The number of nitrogens with one attached hydrogen (secondary N) is 1. The molecule has 128 valence electrons. The van der Waals surface area contributed by atoms with Crippen LogP contribution in [0.2, 0.25) is 0 Å². The van der Waals surface area contributed by atoms with Crippen LogP contribution >= 0.6 is 11.8 Å². The van der Waals surface area contributed by atoms with E-state index in [1.54, 1.807) is 40.9 Å². The van der Waals surface area contributed by atoms with E-state index in [1.807, 2.05) is 6.07 Å². The van der Waals surface area contributed by atoms with Crippen LogP contribution in [0, 0.1) is 0 Å². The number of aliphatic carboxylic acids is 1. The summed E-state index contributed by atoms with van der Waals surface area (Å²) in [6, 6.07) is 12.3. The minimum Gasteiger partial charge on any atom is -0.549 e. The molecule has 0 aliphatic carbocycles. The maximum atomic E-state index is 12.0. The first kappa shape index (κ1) is 16.9. The normalized spacial score (nSPS) is 10.7. The minimum atomic E-state index is -1.15. The molecule has 1 amide bonds. The van der Waals surface area contributed by atoms with E-state index in [9.17, 15) is 14.7 Å². The van der Waals surface area contributed by atoms with E-state index in [-0.39, 0.29) is 11.7 Å². The van der Waals surface area contributed by atoms with Crippen molar-refractivity contribution in [3.8, 4) is 0 Å². The van der Waals surface area contributed by atoms with Crippen molar-refractivity contribution in [3.63, 3.8) is 0 Å². The molecule has 1 N–H and O–H groups in total. The molecule has 0 unspecified atom stereocenters. The Morgan fingerprint density at radius 3 is 2.68 bits per heavy atom. The molecule has 0 fully saturated rings. The lowest BCUT2D eigenvalue weighted by Gasteiger charge is -2.05. The van der Waals surface area contributed by atoms with Gasteiger partial charge in [-0.05, 0) is 24.3 Å². The zero-order valence-electron chi connectivity index (χ0n) is 13.1. The second-order valence-corrected chi connectivity index (χ2v) is 6.09. The summed E-state index contributed by atoms with van der Waals surface area (Å²) in [7, 11) is 0. The fourth-order valence-electron chi connectivity index (χ4n) is 2.16. The molecule has 0 atom stereocenters. The highest BCUT2D eigenvalue weighted by Crippen LogP contribution is 2.15. The molecule has 0 aliphatic rings. The number of fused-ring (bicyclic) bond motifs is 1. The molecule has 2 heterocycles. The number of carbonyl (C=O) groups excluding carboxylic acids is 2. The summed E-state index contributed by atoms with van der Waals surface area (Å²) < 4.78 is 1.55. The highest BCUT2D eigenvalue weighted by atomic mass is 32.2. The molecule has 0 radical (unpaired) electrons. The smallest absolute Gasteiger partial charge is 0.251 e. The largest absolute Gasteiger partial charge is 0.549 e. The van der Waals surface area contributed by atoms with Gasteiger partial charge >= 0.3 is 0 Å². The monoisotopic (exact) mass is 356 g/mol. The molecule has 0 spiro atoms. The zero-order chi connectivity index (χ0) is 17.6. The highest BCUT2D eigenvalue weighted by Gasteiger charge is 2.09. The van der Waals surface area contributed by atoms with Crippen molar-refractivity contribution in [2.45, 2.75) is 11.4 Å². The number of hydrogen-bond acceptors (Lipinski definition) is 7. The maximum absolute atomic E-state index is 12.0. The van der Waals surface area contributed by atoms with E-state index in [0.717, 1.165) is 11.8 Å². The SMILES string of the molecule is O=C([O-])CSc1ccc2nnc(CCNC(=O)c3ccccc3)n2n1. The van der Waals surface area contributed by atoms with Gasteiger partial charge in [0, 0.05) is 24.3 Å². The molecule has 25 heavy (non-hydrogen) atoms. The van der Waals surface area contributed by atoms with E-state index in [0.29, 0.717) is 35.0 Å². The molecule has 2 aromatic heterocycles. The van der Waals surface area contributed by atoms with Crippen LogP contribution in [-0.4, -0.2) is 44.0 Å². The van der Waals surface area contributed by atoms with Gasteiger partial charge in [-0.25, -0.2) is 0 Å². The number of thioether (sulfide) groups is 1. The van der Waals surface area contributed by atoms with Gasteiger partial charge in [-0.15, -0.1) is 10.2 Å². The molecule has 9 heteroatoms. The maximum Gasteiger partial charge on any atom is 0.251 e. The fraction of sp³-hybridized carbons (Fsp3) is 0.188. The second-order valence-electron chi connectivity index (χ2n) is 5.09. The van der Waals surface area contributed by atoms with Crippen molar-refractivity contribution in [2.75, 3.05) is 12.3 Å². The second kappa shape index (κ2) is 7.75. The lowest BCUT2D eigenvalue weighted by atomic mass is 10.2. The number of carbonyl (C=O) groups is 2. The molecule has 0 saturated carbocycles. The van der Waals surface area contributed by atoms with Crippen LogP contribution in [0.1, 0.15) is 16.2 Å². The van der Waals surface area contributed by atoms with E-state index < -0.39 is 5.97 Å². The van der Waals surface area contributed by atoms with E-state index in [2.05, 4.69) is 20.6 Å². The van der Waals surface area contributed by atoms with Crippen LogP contribution in [0.3, 0.4) is 0 Å². The summed E-state index contributed by atoms with van der Waals surface area (Å²) in [6.45, 7) is 0.382. The fourth-order valence-corrected chi connectivity index (χ4v) is 2.73. The van der Waals surface area contributed by atoms with Gasteiger partial charge in [-0.2, -0.15) is 9.61 Å². The van der Waals surface area contributed by atoms with Gasteiger partial charge in [-0.3, -0.25) is 4.79 Å². The summed E-state index contributed by atoms with van der Waals surface area (Å²) in [6.07, 6.45) is 0.446. The first-order chi connectivity index (χ1) is 12.1. The molecule has 0 saturated heterocycles. The third-order valence-corrected chi connectivity index (χ3v) is 4.20. The van der Waals surface area contributed by atoms with Crippen LogP contribution < -0.4 is 10.4 Å².